The van der Waals surface area contributed by atoms with Crippen molar-refractivity contribution >= 4 is 23.8 Å². The highest BCUT2D eigenvalue weighted by atomic mass is 28.3. The van der Waals surface area contributed by atoms with Crippen LogP contribution in [0.25, 0.3) is 22.3 Å². The molecule has 1 unspecified atom stereocenters. The molecule has 3 heterocycles. The highest BCUT2D eigenvalue weighted by Crippen LogP contribution is 2.33. The molecule has 5 aromatic rings. The first-order chi connectivity index (χ1) is 18.2. The topological polar surface area (TPSA) is 35.0 Å². The second kappa shape index (κ2) is 9.07. The summed E-state index contributed by atoms with van der Waals surface area (Å²) in [5.74, 6) is 1.40. The van der Waals surface area contributed by atoms with Crippen molar-refractivity contribution in [2.75, 3.05) is 0 Å². The molecular weight excluding hydrogens is 480 g/mol. The van der Waals surface area contributed by atoms with E-state index in [0.717, 1.165) is 11.3 Å². The number of aromatic nitrogens is 2. The van der Waals surface area contributed by atoms with Crippen LogP contribution in [-0.2, 0) is 5.41 Å². The van der Waals surface area contributed by atoms with E-state index in [0.29, 0.717) is 5.88 Å². The van der Waals surface area contributed by atoms with E-state index in [1.165, 1.54) is 43.5 Å². The monoisotopic (exact) mass is 512 g/mol. The molecule has 2 aromatic heterocycles. The van der Waals surface area contributed by atoms with Crippen molar-refractivity contribution in [1.82, 2.24) is 9.97 Å². The summed E-state index contributed by atoms with van der Waals surface area (Å²) in [6.07, 6.45) is 3.78. The predicted molar refractivity (Wildman–Crippen MR) is 160 cm³/mol. The van der Waals surface area contributed by atoms with Crippen LogP contribution >= 0.6 is 0 Å². The number of rotatable bonds is 4. The second-order valence-corrected chi connectivity index (χ2v) is 15.3. The van der Waals surface area contributed by atoms with E-state index < -0.39 is 8.07 Å². The fourth-order valence-electron chi connectivity index (χ4n) is 5.55. The van der Waals surface area contributed by atoms with Crippen molar-refractivity contribution in [2.45, 2.75) is 39.7 Å². The molecule has 0 radical (unpaired) electrons. The predicted octanol–water partition coefficient (Wildman–Crippen LogP) is 6.62. The number of ether oxygens (including phenoxy) is 1. The maximum atomic E-state index is 6.23. The lowest BCUT2D eigenvalue weighted by Gasteiger charge is -2.25. The molecule has 0 aliphatic carbocycles. The molecule has 0 spiro atoms. The van der Waals surface area contributed by atoms with Gasteiger partial charge < -0.3 is 4.74 Å². The molecule has 0 fully saturated rings. The van der Waals surface area contributed by atoms with Gasteiger partial charge in [-0.05, 0) is 86.4 Å². The quantitative estimate of drug-likeness (QED) is 0.254. The van der Waals surface area contributed by atoms with Gasteiger partial charge in [-0.3, -0.25) is 4.98 Å². The number of hydrogen-bond acceptors (Lipinski definition) is 3. The van der Waals surface area contributed by atoms with Crippen LogP contribution in [0.15, 0.2) is 103 Å². The largest absolute Gasteiger partial charge is 0.439 e. The van der Waals surface area contributed by atoms with Crippen LogP contribution in [0.5, 0.6) is 11.6 Å². The summed E-state index contributed by atoms with van der Waals surface area (Å²) in [7, 11) is -2.25. The highest BCUT2D eigenvalue weighted by molar-refractivity contribution is 7.13. The summed E-state index contributed by atoms with van der Waals surface area (Å²) in [4.78, 5) is 9.37. The van der Waals surface area contributed by atoms with Crippen molar-refractivity contribution in [2.24, 2.45) is 0 Å². The summed E-state index contributed by atoms with van der Waals surface area (Å²) < 4.78 is 6.23. The number of benzene rings is 3. The van der Waals surface area contributed by atoms with Gasteiger partial charge in [0, 0.05) is 23.8 Å². The molecule has 4 heteroatoms. The first kappa shape index (κ1) is 24.3. The summed E-state index contributed by atoms with van der Waals surface area (Å²) in [6.45, 7) is 11.2. The lowest BCUT2D eigenvalue weighted by Crippen LogP contribution is -2.63. The summed E-state index contributed by atoms with van der Waals surface area (Å²) >= 11 is 0. The molecule has 0 amide bonds. The van der Waals surface area contributed by atoms with Gasteiger partial charge in [-0.2, -0.15) is 0 Å². The summed E-state index contributed by atoms with van der Waals surface area (Å²) in [5.41, 5.74) is 7.47. The summed E-state index contributed by atoms with van der Waals surface area (Å²) in [6, 6.07) is 32.5. The van der Waals surface area contributed by atoms with Crippen molar-refractivity contribution in [3.8, 4) is 33.9 Å². The standard InChI is InChI=1S/C34H32N2OSi/c1-23-15-17-36-33(19-23)38(5)30-12-7-6-11-28(30)29-14-13-25(21-31(29)38)24-9-8-10-27(20-24)37-32-22-26(16-18-35-32)34(2,3)4/h6-22H,1-5H3. The molecule has 6 rings (SSSR count). The van der Waals surface area contributed by atoms with Gasteiger partial charge in [0.25, 0.3) is 0 Å². The van der Waals surface area contributed by atoms with Crippen molar-refractivity contribution < 1.29 is 4.74 Å². The minimum absolute atomic E-state index is 0.0353. The molecule has 1 aliphatic rings. The number of hydrogen-bond donors (Lipinski definition) is 0. The fourth-order valence-corrected chi connectivity index (χ4v) is 9.63. The molecule has 3 aromatic carbocycles. The third-order valence-electron chi connectivity index (χ3n) is 7.73. The SMILES string of the molecule is Cc1ccnc([Si]2(C)c3ccccc3-c3ccc(-c4cccc(Oc5cc(C(C)(C)C)ccn5)c4)cc32)c1. The van der Waals surface area contributed by atoms with Crippen LogP contribution in [0.1, 0.15) is 31.9 Å². The number of aryl methyl sites for hydroxylation is 1. The van der Waals surface area contributed by atoms with Crippen LogP contribution in [0.2, 0.25) is 6.55 Å². The summed E-state index contributed by atoms with van der Waals surface area (Å²) in [5, 5.41) is 4.06. The fraction of sp³-hybridized carbons (Fsp3) is 0.176. The van der Waals surface area contributed by atoms with E-state index in [9.17, 15) is 0 Å². The van der Waals surface area contributed by atoms with E-state index in [1.807, 2.05) is 24.5 Å². The Bertz CT molecular complexity index is 1670. The third-order valence-corrected chi connectivity index (χ3v) is 12.0. The van der Waals surface area contributed by atoms with E-state index in [4.69, 9.17) is 9.72 Å². The van der Waals surface area contributed by atoms with E-state index in [2.05, 4.69) is 118 Å². The Labute approximate surface area is 226 Å². The maximum absolute atomic E-state index is 6.23. The Balaban J connectivity index is 1.41. The van der Waals surface area contributed by atoms with E-state index in [1.54, 1.807) is 0 Å². The van der Waals surface area contributed by atoms with Gasteiger partial charge in [0.15, 0.2) is 8.07 Å². The number of pyridine rings is 2. The van der Waals surface area contributed by atoms with Crippen LogP contribution in [0.4, 0.5) is 0 Å². The Hall–Kier alpha value is -4.02. The van der Waals surface area contributed by atoms with Crippen molar-refractivity contribution in [1.29, 1.82) is 0 Å². The molecule has 0 saturated heterocycles. The molecule has 1 atom stereocenters. The van der Waals surface area contributed by atoms with Gasteiger partial charge in [-0.15, -0.1) is 0 Å². The Morgan fingerprint density at radius 2 is 1.45 bits per heavy atom. The van der Waals surface area contributed by atoms with Crippen molar-refractivity contribution in [3.63, 3.8) is 0 Å². The minimum atomic E-state index is -2.25. The Kier molecular flexibility index (Phi) is 5.80. The maximum Gasteiger partial charge on any atom is 0.219 e. The van der Waals surface area contributed by atoms with Crippen LogP contribution in [-0.4, -0.2) is 18.0 Å². The second-order valence-electron chi connectivity index (χ2n) is 11.4. The number of fused-ring (bicyclic) bond motifs is 3. The van der Waals surface area contributed by atoms with Gasteiger partial charge in [-0.1, -0.05) is 81.9 Å². The molecule has 1 aliphatic heterocycles. The third kappa shape index (κ3) is 4.15. The minimum Gasteiger partial charge on any atom is -0.439 e. The first-order valence-electron chi connectivity index (χ1n) is 13.2. The Morgan fingerprint density at radius 3 is 2.26 bits per heavy atom. The normalized spacial score (nSPS) is 16.1. The lowest BCUT2D eigenvalue weighted by molar-refractivity contribution is 0.459. The molecule has 3 nitrogen and oxygen atoms in total. The zero-order chi connectivity index (χ0) is 26.5. The van der Waals surface area contributed by atoms with Gasteiger partial charge in [-0.25, -0.2) is 4.98 Å². The average molecular weight is 513 g/mol. The van der Waals surface area contributed by atoms with Gasteiger partial charge in [0.2, 0.25) is 5.88 Å². The van der Waals surface area contributed by atoms with Crippen LogP contribution in [0.3, 0.4) is 0 Å². The lowest BCUT2D eigenvalue weighted by atomic mass is 9.88. The molecule has 188 valence electrons. The average Bonchev–Trinajstić information content (AvgIpc) is 3.17. The number of nitrogens with zero attached hydrogens (tertiary/aromatic N) is 2. The van der Waals surface area contributed by atoms with Crippen LogP contribution < -0.4 is 20.4 Å². The molecule has 0 bridgehead atoms. The molecule has 38 heavy (non-hydrogen) atoms. The zero-order valence-corrected chi connectivity index (χ0v) is 23.6. The van der Waals surface area contributed by atoms with Gasteiger partial charge in [0.05, 0.1) is 0 Å². The first-order valence-corrected chi connectivity index (χ1v) is 15.7. The van der Waals surface area contributed by atoms with E-state index in [-0.39, 0.29) is 5.41 Å². The zero-order valence-electron chi connectivity index (χ0n) is 22.6. The molecule has 0 N–H and O–H groups in total. The van der Waals surface area contributed by atoms with Gasteiger partial charge in [0.1, 0.15) is 5.75 Å². The molecular formula is C34H32N2OSi. The molecule has 0 saturated carbocycles. The van der Waals surface area contributed by atoms with Gasteiger partial charge >= 0.3 is 0 Å². The highest BCUT2D eigenvalue weighted by Gasteiger charge is 2.44. The van der Waals surface area contributed by atoms with E-state index >= 15 is 0 Å². The van der Waals surface area contributed by atoms with Crippen LogP contribution in [0, 0.1) is 6.92 Å². The Morgan fingerprint density at radius 1 is 0.684 bits per heavy atom. The smallest absolute Gasteiger partial charge is 0.219 e. The van der Waals surface area contributed by atoms with Crippen molar-refractivity contribution in [3.05, 3.63) is 115 Å².